The van der Waals surface area contributed by atoms with Crippen molar-refractivity contribution in [3.63, 3.8) is 0 Å². The number of H-pyrrole nitrogens is 1. The molecule has 1 atom stereocenters. The van der Waals surface area contributed by atoms with Crippen molar-refractivity contribution in [2.24, 2.45) is 0 Å². The van der Waals surface area contributed by atoms with Crippen molar-refractivity contribution in [1.82, 2.24) is 20.4 Å². The molecule has 0 saturated carbocycles. The van der Waals surface area contributed by atoms with E-state index in [4.69, 9.17) is 4.74 Å². The number of hydrogen-bond donors (Lipinski definition) is 3. The summed E-state index contributed by atoms with van der Waals surface area (Å²) >= 11 is 0. The Kier molecular flexibility index (Phi) is 6.96. The SMILES string of the molecule is COc1ccc2c(c1)C[C@H](C(=O)Nc1ccc(-c3cn[nH]c3)cc1N(C)CCN(C)C)NC2. The zero-order valence-corrected chi connectivity index (χ0v) is 19.7. The van der Waals surface area contributed by atoms with E-state index >= 15 is 0 Å². The molecule has 2 aromatic carbocycles. The molecule has 0 radical (unpaired) electrons. The highest BCUT2D eigenvalue weighted by molar-refractivity contribution is 5.98. The fourth-order valence-electron chi connectivity index (χ4n) is 4.03. The Morgan fingerprint density at radius 2 is 1.97 bits per heavy atom. The Labute approximate surface area is 194 Å². The van der Waals surface area contributed by atoms with Crippen molar-refractivity contribution in [3.05, 3.63) is 59.9 Å². The molecule has 0 bridgehead atoms. The molecule has 2 heterocycles. The summed E-state index contributed by atoms with van der Waals surface area (Å²) in [4.78, 5) is 17.6. The third-order valence-corrected chi connectivity index (χ3v) is 6.07. The number of methoxy groups -OCH3 is 1. The number of aromatic nitrogens is 2. The van der Waals surface area contributed by atoms with Crippen LogP contribution in [0.2, 0.25) is 0 Å². The van der Waals surface area contributed by atoms with E-state index in [1.54, 1.807) is 13.3 Å². The quantitative estimate of drug-likeness (QED) is 0.491. The van der Waals surface area contributed by atoms with Gasteiger partial charge < -0.3 is 25.2 Å². The van der Waals surface area contributed by atoms with Crippen molar-refractivity contribution in [3.8, 4) is 16.9 Å². The van der Waals surface area contributed by atoms with Crippen molar-refractivity contribution in [2.75, 3.05) is 51.6 Å². The predicted octanol–water partition coefficient (Wildman–Crippen LogP) is 2.74. The third-order valence-electron chi connectivity index (χ3n) is 6.07. The number of fused-ring (bicyclic) bond motifs is 1. The van der Waals surface area contributed by atoms with Crippen LogP contribution in [0.1, 0.15) is 11.1 Å². The topological polar surface area (TPSA) is 85.5 Å². The Bertz CT molecular complexity index is 1100. The first-order valence-electron chi connectivity index (χ1n) is 11.1. The third kappa shape index (κ3) is 5.35. The average Bonchev–Trinajstić information content (AvgIpc) is 3.37. The maximum Gasteiger partial charge on any atom is 0.241 e. The first-order valence-corrected chi connectivity index (χ1v) is 11.1. The van der Waals surface area contributed by atoms with Gasteiger partial charge in [-0.1, -0.05) is 12.1 Å². The zero-order valence-electron chi connectivity index (χ0n) is 19.7. The van der Waals surface area contributed by atoms with E-state index in [-0.39, 0.29) is 11.9 Å². The number of carbonyl (C=O) groups is 1. The van der Waals surface area contributed by atoms with E-state index in [0.717, 1.165) is 46.9 Å². The molecule has 1 aliphatic rings. The molecule has 0 saturated heterocycles. The van der Waals surface area contributed by atoms with Gasteiger partial charge in [-0.2, -0.15) is 5.10 Å². The standard InChI is InChI=1S/C25H32N6O2/c1-30(2)9-10-31(3)24-13-17(20-15-27-28-16-20)6-8-22(24)29-25(32)23-12-19-11-21(33-4)7-5-18(19)14-26-23/h5-8,11,13,15-16,23,26H,9-10,12,14H2,1-4H3,(H,27,28)(H,29,32)/t23-/m1/s1. The molecule has 8 nitrogen and oxygen atoms in total. The summed E-state index contributed by atoms with van der Waals surface area (Å²) in [6, 6.07) is 11.8. The summed E-state index contributed by atoms with van der Waals surface area (Å²) in [6.45, 7) is 2.40. The Morgan fingerprint density at radius 3 is 2.70 bits per heavy atom. The summed E-state index contributed by atoms with van der Waals surface area (Å²) in [6.07, 6.45) is 4.29. The summed E-state index contributed by atoms with van der Waals surface area (Å²) in [5.74, 6) is 0.774. The molecule has 33 heavy (non-hydrogen) atoms. The van der Waals surface area contributed by atoms with Crippen LogP contribution in [0.5, 0.6) is 5.75 Å². The number of aromatic amines is 1. The van der Waals surface area contributed by atoms with Crippen LogP contribution in [0.25, 0.3) is 11.1 Å². The molecule has 3 N–H and O–H groups in total. The predicted molar refractivity (Wildman–Crippen MR) is 132 cm³/mol. The van der Waals surface area contributed by atoms with Crippen LogP contribution >= 0.6 is 0 Å². The monoisotopic (exact) mass is 448 g/mol. The van der Waals surface area contributed by atoms with Gasteiger partial charge >= 0.3 is 0 Å². The fraction of sp³-hybridized carbons (Fsp3) is 0.360. The van der Waals surface area contributed by atoms with E-state index in [9.17, 15) is 4.79 Å². The van der Waals surface area contributed by atoms with Gasteiger partial charge in [-0.25, -0.2) is 0 Å². The van der Waals surface area contributed by atoms with Crippen LogP contribution in [-0.2, 0) is 17.8 Å². The summed E-state index contributed by atoms with van der Waals surface area (Å²) in [5, 5.41) is 13.5. The molecule has 1 aromatic heterocycles. The van der Waals surface area contributed by atoms with Gasteiger partial charge in [-0.3, -0.25) is 9.89 Å². The first-order chi connectivity index (χ1) is 15.9. The van der Waals surface area contributed by atoms with Gasteiger partial charge in [0.1, 0.15) is 5.75 Å². The van der Waals surface area contributed by atoms with Gasteiger partial charge in [0.05, 0.1) is 30.7 Å². The van der Waals surface area contributed by atoms with Gasteiger partial charge in [0, 0.05) is 38.4 Å². The van der Waals surface area contributed by atoms with Crippen LogP contribution in [-0.4, -0.2) is 68.4 Å². The zero-order chi connectivity index (χ0) is 23.4. The number of nitrogens with zero attached hydrogens (tertiary/aromatic N) is 3. The van der Waals surface area contributed by atoms with E-state index in [1.165, 1.54) is 5.56 Å². The van der Waals surface area contributed by atoms with Gasteiger partial charge in [-0.15, -0.1) is 0 Å². The number of rotatable bonds is 8. The molecule has 4 rings (SSSR count). The molecule has 174 valence electrons. The number of benzene rings is 2. The average molecular weight is 449 g/mol. The Balaban J connectivity index is 1.55. The lowest BCUT2D eigenvalue weighted by molar-refractivity contribution is -0.118. The van der Waals surface area contributed by atoms with Crippen molar-refractivity contribution >= 4 is 17.3 Å². The Hall–Kier alpha value is -3.36. The minimum absolute atomic E-state index is 0.0400. The number of carbonyl (C=O) groups excluding carboxylic acids is 1. The van der Waals surface area contributed by atoms with Gasteiger partial charge in [-0.05, 0) is 61.5 Å². The molecule has 8 heteroatoms. The lowest BCUT2D eigenvalue weighted by Crippen LogP contribution is -2.44. The molecular weight excluding hydrogens is 416 g/mol. The van der Waals surface area contributed by atoms with Gasteiger partial charge in [0.25, 0.3) is 0 Å². The van der Waals surface area contributed by atoms with E-state index in [0.29, 0.717) is 13.0 Å². The fourth-order valence-corrected chi connectivity index (χ4v) is 4.03. The molecule has 0 aliphatic carbocycles. The van der Waals surface area contributed by atoms with Crippen LogP contribution in [0, 0.1) is 0 Å². The summed E-state index contributed by atoms with van der Waals surface area (Å²) in [7, 11) is 7.82. The number of ether oxygens (including phenoxy) is 1. The van der Waals surface area contributed by atoms with Gasteiger partial charge in [0.2, 0.25) is 5.91 Å². The number of nitrogens with one attached hydrogen (secondary N) is 3. The lowest BCUT2D eigenvalue weighted by atomic mass is 9.95. The minimum atomic E-state index is -0.307. The molecule has 1 amide bonds. The number of anilines is 2. The summed E-state index contributed by atoms with van der Waals surface area (Å²) < 4.78 is 5.36. The highest BCUT2D eigenvalue weighted by atomic mass is 16.5. The van der Waals surface area contributed by atoms with E-state index < -0.39 is 0 Å². The molecule has 1 aliphatic heterocycles. The second-order valence-corrected chi connectivity index (χ2v) is 8.71. The van der Waals surface area contributed by atoms with Crippen LogP contribution in [0.15, 0.2) is 48.8 Å². The van der Waals surface area contributed by atoms with Crippen molar-refractivity contribution in [2.45, 2.75) is 19.0 Å². The second-order valence-electron chi connectivity index (χ2n) is 8.71. The number of hydrogen-bond acceptors (Lipinski definition) is 6. The molecule has 0 fully saturated rings. The summed E-state index contributed by atoms with van der Waals surface area (Å²) in [5.41, 5.74) is 6.17. The van der Waals surface area contributed by atoms with Crippen LogP contribution in [0.4, 0.5) is 11.4 Å². The minimum Gasteiger partial charge on any atom is -0.497 e. The van der Waals surface area contributed by atoms with Crippen LogP contribution < -0.4 is 20.3 Å². The van der Waals surface area contributed by atoms with E-state index in [1.807, 2.05) is 30.5 Å². The highest BCUT2D eigenvalue weighted by Crippen LogP contribution is 2.31. The second kappa shape index (κ2) is 10.1. The lowest BCUT2D eigenvalue weighted by Gasteiger charge is -2.28. The largest absolute Gasteiger partial charge is 0.497 e. The Morgan fingerprint density at radius 1 is 1.12 bits per heavy atom. The number of amides is 1. The maximum absolute atomic E-state index is 13.2. The van der Waals surface area contributed by atoms with Crippen LogP contribution in [0.3, 0.4) is 0 Å². The first kappa shape index (κ1) is 22.8. The van der Waals surface area contributed by atoms with E-state index in [2.05, 4.69) is 63.9 Å². The smallest absolute Gasteiger partial charge is 0.241 e. The van der Waals surface area contributed by atoms with Gasteiger partial charge in [0.15, 0.2) is 0 Å². The highest BCUT2D eigenvalue weighted by Gasteiger charge is 2.25. The molecule has 0 unspecified atom stereocenters. The normalized spacial score (nSPS) is 15.2. The molecular formula is C25H32N6O2. The molecule has 3 aromatic rings. The van der Waals surface area contributed by atoms with Crippen molar-refractivity contribution in [1.29, 1.82) is 0 Å². The maximum atomic E-state index is 13.2. The number of likely N-dealkylation sites (N-methyl/N-ethyl adjacent to an activating group) is 2. The van der Waals surface area contributed by atoms with Crippen molar-refractivity contribution < 1.29 is 9.53 Å². The molecule has 0 spiro atoms.